The van der Waals surface area contributed by atoms with Crippen molar-refractivity contribution in [1.29, 1.82) is 0 Å². The van der Waals surface area contributed by atoms with E-state index in [1.807, 2.05) is 6.21 Å². The first-order valence-corrected chi connectivity index (χ1v) is 3.82. The predicted molar refractivity (Wildman–Crippen MR) is 42.1 cm³/mol. The molecule has 3 heteroatoms. The molecule has 0 aromatic heterocycles. The summed E-state index contributed by atoms with van der Waals surface area (Å²) in [4.78, 5) is 2.78. The maximum atomic E-state index is 3.90. The first-order valence-electron chi connectivity index (χ1n) is 2.94. The van der Waals surface area contributed by atoms with Gasteiger partial charge in [-0.1, -0.05) is 13.8 Å². The van der Waals surface area contributed by atoms with Gasteiger partial charge in [-0.2, -0.15) is 5.10 Å². The first kappa shape index (κ1) is 6.68. The molecular formula is C6H10N2S. The van der Waals surface area contributed by atoms with Gasteiger partial charge in [0, 0.05) is 0 Å². The summed E-state index contributed by atoms with van der Waals surface area (Å²) in [6, 6.07) is 0. The average molecular weight is 142 g/mol. The molecule has 1 aliphatic heterocycles. The summed E-state index contributed by atoms with van der Waals surface area (Å²) in [7, 11) is 0. The van der Waals surface area contributed by atoms with Crippen LogP contribution in [0, 0.1) is 5.92 Å². The van der Waals surface area contributed by atoms with E-state index in [0.717, 1.165) is 0 Å². The van der Waals surface area contributed by atoms with Crippen LogP contribution in [0.15, 0.2) is 16.1 Å². The van der Waals surface area contributed by atoms with Crippen LogP contribution < -0.4 is 4.83 Å². The van der Waals surface area contributed by atoms with Gasteiger partial charge in [0.2, 0.25) is 0 Å². The molecule has 0 radical (unpaired) electrons. The smallest absolute Gasteiger partial charge is 0.0518 e. The minimum atomic E-state index is 0.586. The molecule has 0 saturated heterocycles. The number of nitrogens with zero attached hydrogens (tertiary/aromatic N) is 1. The van der Waals surface area contributed by atoms with Crippen molar-refractivity contribution in [2.45, 2.75) is 13.8 Å². The molecule has 1 N–H and O–H groups in total. The highest BCUT2D eigenvalue weighted by molar-refractivity contribution is 8.00. The molecule has 0 atom stereocenters. The van der Waals surface area contributed by atoms with Crippen LogP contribution >= 0.6 is 11.9 Å². The Morgan fingerprint density at radius 1 is 1.67 bits per heavy atom. The third-order valence-corrected chi connectivity index (χ3v) is 1.78. The van der Waals surface area contributed by atoms with Crippen molar-refractivity contribution < 1.29 is 0 Å². The quantitative estimate of drug-likeness (QED) is 0.564. The van der Waals surface area contributed by atoms with E-state index in [4.69, 9.17) is 0 Å². The SMILES string of the molecule is CC(C)C1=CSNN=C1. The molecule has 1 rings (SSSR count). The van der Waals surface area contributed by atoms with Crippen molar-refractivity contribution in [1.82, 2.24) is 4.83 Å². The molecule has 2 nitrogen and oxygen atoms in total. The number of hydrogen-bond acceptors (Lipinski definition) is 3. The Bertz CT molecular complexity index is 149. The van der Waals surface area contributed by atoms with E-state index in [9.17, 15) is 0 Å². The second-order valence-electron chi connectivity index (χ2n) is 2.24. The van der Waals surface area contributed by atoms with Crippen molar-refractivity contribution in [2.24, 2.45) is 11.0 Å². The lowest BCUT2D eigenvalue weighted by atomic mass is 10.1. The number of allylic oxidation sites excluding steroid dienone is 1. The molecular weight excluding hydrogens is 132 g/mol. The molecule has 0 spiro atoms. The second kappa shape index (κ2) is 2.92. The van der Waals surface area contributed by atoms with E-state index < -0.39 is 0 Å². The number of rotatable bonds is 1. The zero-order valence-corrected chi connectivity index (χ0v) is 6.40. The Hall–Kier alpha value is -0.440. The predicted octanol–water partition coefficient (Wildman–Crippen LogP) is 1.76. The molecule has 1 heterocycles. The minimum Gasteiger partial charge on any atom is -0.248 e. The normalized spacial score (nSPS) is 17.4. The Morgan fingerprint density at radius 2 is 2.44 bits per heavy atom. The molecule has 0 amide bonds. The average Bonchev–Trinajstić information content (AvgIpc) is 1.90. The summed E-state index contributed by atoms with van der Waals surface area (Å²) in [5.74, 6) is 0.586. The Kier molecular flexibility index (Phi) is 2.16. The summed E-state index contributed by atoms with van der Waals surface area (Å²) in [5.41, 5.74) is 1.29. The van der Waals surface area contributed by atoms with Crippen molar-refractivity contribution in [3.05, 3.63) is 11.0 Å². The Balaban J connectivity index is 2.58. The summed E-state index contributed by atoms with van der Waals surface area (Å²) in [5, 5.41) is 5.98. The van der Waals surface area contributed by atoms with Gasteiger partial charge in [0.15, 0.2) is 0 Å². The van der Waals surface area contributed by atoms with Gasteiger partial charge in [-0.3, -0.25) is 0 Å². The van der Waals surface area contributed by atoms with Gasteiger partial charge in [-0.05, 0) is 28.8 Å². The molecule has 0 saturated carbocycles. The van der Waals surface area contributed by atoms with E-state index in [-0.39, 0.29) is 0 Å². The third-order valence-electron chi connectivity index (χ3n) is 1.18. The van der Waals surface area contributed by atoms with Gasteiger partial charge in [-0.25, -0.2) is 4.83 Å². The molecule has 0 unspecified atom stereocenters. The zero-order valence-electron chi connectivity index (χ0n) is 5.59. The van der Waals surface area contributed by atoms with Gasteiger partial charge in [0.25, 0.3) is 0 Å². The fourth-order valence-corrected chi connectivity index (χ4v) is 1.18. The van der Waals surface area contributed by atoms with E-state index in [2.05, 4.69) is 29.2 Å². The maximum Gasteiger partial charge on any atom is 0.0518 e. The zero-order chi connectivity index (χ0) is 6.69. The lowest BCUT2D eigenvalue weighted by molar-refractivity contribution is 0.805. The molecule has 1 aliphatic rings. The third kappa shape index (κ3) is 1.75. The second-order valence-corrected chi connectivity index (χ2v) is 2.89. The monoisotopic (exact) mass is 142 g/mol. The van der Waals surface area contributed by atoms with Crippen LogP contribution in [0.2, 0.25) is 0 Å². The van der Waals surface area contributed by atoms with Gasteiger partial charge in [-0.15, -0.1) is 0 Å². The fraction of sp³-hybridized carbons (Fsp3) is 0.500. The van der Waals surface area contributed by atoms with Crippen molar-refractivity contribution in [3.8, 4) is 0 Å². The van der Waals surface area contributed by atoms with Crippen LogP contribution in [0.4, 0.5) is 0 Å². The highest BCUT2D eigenvalue weighted by atomic mass is 32.2. The van der Waals surface area contributed by atoms with Crippen LogP contribution in [0.5, 0.6) is 0 Å². The van der Waals surface area contributed by atoms with E-state index in [0.29, 0.717) is 5.92 Å². The standard InChI is InChI=1S/C6H10N2S/c1-5(2)6-3-7-8-9-4-6/h3-5,8H,1-2H3. The Morgan fingerprint density at radius 3 is 2.78 bits per heavy atom. The number of hydrazone groups is 1. The maximum absolute atomic E-state index is 3.90. The van der Waals surface area contributed by atoms with Gasteiger partial charge >= 0.3 is 0 Å². The summed E-state index contributed by atoms with van der Waals surface area (Å²) in [6.07, 6.45) is 1.86. The molecule has 50 valence electrons. The summed E-state index contributed by atoms with van der Waals surface area (Å²) in [6.45, 7) is 4.31. The van der Waals surface area contributed by atoms with Crippen LogP contribution in [0.25, 0.3) is 0 Å². The van der Waals surface area contributed by atoms with Crippen LogP contribution in [-0.2, 0) is 0 Å². The lowest BCUT2D eigenvalue weighted by Gasteiger charge is -2.08. The highest BCUT2D eigenvalue weighted by Crippen LogP contribution is 2.13. The highest BCUT2D eigenvalue weighted by Gasteiger charge is 2.01. The molecule has 0 aliphatic carbocycles. The fourth-order valence-electron chi connectivity index (χ4n) is 0.541. The number of hydrogen-bond donors (Lipinski definition) is 1. The topological polar surface area (TPSA) is 24.4 Å². The molecule has 0 aromatic carbocycles. The Labute approximate surface area is 59.5 Å². The minimum absolute atomic E-state index is 0.586. The van der Waals surface area contributed by atoms with Crippen LogP contribution in [-0.4, -0.2) is 6.21 Å². The van der Waals surface area contributed by atoms with Gasteiger partial charge < -0.3 is 0 Å². The molecule has 9 heavy (non-hydrogen) atoms. The lowest BCUT2D eigenvalue weighted by Crippen LogP contribution is -2.03. The van der Waals surface area contributed by atoms with E-state index in [1.54, 1.807) is 0 Å². The van der Waals surface area contributed by atoms with E-state index in [1.165, 1.54) is 17.5 Å². The van der Waals surface area contributed by atoms with Gasteiger partial charge in [0.1, 0.15) is 0 Å². The van der Waals surface area contributed by atoms with Crippen LogP contribution in [0.3, 0.4) is 0 Å². The first-order chi connectivity index (χ1) is 4.30. The van der Waals surface area contributed by atoms with E-state index >= 15 is 0 Å². The molecule has 0 bridgehead atoms. The van der Waals surface area contributed by atoms with Crippen LogP contribution in [0.1, 0.15) is 13.8 Å². The molecule has 0 fully saturated rings. The van der Waals surface area contributed by atoms with Crippen molar-refractivity contribution in [2.75, 3.05) is 0 Å². The largest absolute Gasteiger partial charge is 0.248 e. The van der Waals surface area contributed by atoms with Crippen molar-refractivity contribution in [3.63, 3.8) is 0 Å². The summed E-state index contributed by atoms with van der Waals surface area (Å²) >= 11 is 1.52. The molecule has 0 aromatic rings. The van der Waals surface area contributed by atoms with Crippen molar-refractivity contribution >= 4 is 18.2 Å². The van der Waals surface area contributed by atoms with Gasteiger partial charge in [0.05, 0.1) is 6.21 Å². The number of nitrogens with one attached hydrogen (secondary N) is 1. The summed E-state index contributed by atoms with van der Waals surface area (Å²) < 4.78 is 0.